The molecule has 0 aliphatic carbocycles. The zero-order valence-electron chi connectivity index (χ0n) is 8.20. The van der Waals surface area contributed by atoms with Crippen molar-refractivity contribution in [1.82, 2.24) is 5.06 Å². The molecule has 70 valence electrons. The number of carbonyl (C=O) groups excluding carboxylic acids is 1. The van der Waals surface area contributed by atoms with Gasteiger partial charge in [0.25, 0.3) is 0 Å². The number of hydrogen-bond donors (Lipinski definition) is 0. The second-order valence-corrected chi connectivity index (χ2v) is 4.30. The van der Waals surface area contributed by atoms with Gasteiger partial charge in [-0.3, -0.25) is 9.63 Å². The molecule has 0 N–H and O–H groups in total. The first kappa shape index (κ1) is 9.48. The highest BCUT2D eigenvalue weighted by Gasteiger charge is 2.32. The smallest absolute Gasteiger partial charge is 0.248 e. The van der Waals surface area contributed by atoms with Gasteiger partial charge in [-0.15, -0.1) is 0 Å². The van der Waals surface area contributed by atoms with Gasteiger partial charge in [-0.2, -0.15) is 0 Å². The second kappa shape index (κ2) is 3.03. The quantitative estimate of drug-likeness (QED) is 0.544. The second-order valence-electron chi connectivity index (χ2n) is 4.30. The van der Waals surface area contributed by atoms with Gasteiger partial charge in [-0.25, -0.2) is 5.06 Å². The lowest BCUT2D eigenvalue weighted by molar-refractivity contribution is -0.873. The largest absolute Gasteiger partial charge is 0.329 e. The number of rotatable bonds is 2. The maximum Gasteiger partial charge on any atom is 0.248 e. The first-order valence-corrected chi connectivity index (χ1v) is 4.12. The maximum atomic E-state index is 11.1. The Balaban J connectivity index is 2.43. The van der Waals surface area contributed by atoms with E-state index in [9.17, 15) is 4.79 Å². The van der Waals surface area contributed by atoms with Crippen LogP contribution in [0, 0.1) is 0 Å². The Bertz CT molecular complexity index is 186. The fourth-order valence-electron chi connectivity index (χ4n) is 1.35. The molecule has 1 aliphatic rings. The summed E-state index contributed by atoms with van der Waals surface area (Å²) >= 11 is 0. The van der Waals surface area contributed by atoms with E-state index in [4.69, 9.17) is 4.84 Å². The minimum absolute atomic E-state index is 0.0579. The van der Waals surface area contributed by atoms with E-state index in [0.29, 0.717) is 6.42 Å². The molecule has 0 aromatic rings. The molecule has 4 heteroatoms. The van der Waals surface area contributed by atoms with Crippen LogP contribution in [0.2, 0.25) is 0 Å². The minimum Gasteiger partial charge on any atom is -0.329 e. The molecule has 0 aromatic carbocycles. The lowest BCUT2D eigenvalue weighted by Gasteiger charge is -2.26. The summed E-state index contributed by atoms with van der Waals surface area (Å²) < 4.78 is 0.825. The summed E-state index contributed by atoms with van der Waals surface area (Å²) in [7, 11) is 7.93. The molecule has 0 radical (unpaired) electrons. The van der Waals surface area contributed by atoms with Gasteiger partial charge in [-0.1, -0.05) is 0 Å². The molecule has 1 saturated heterocycles. The predicted octanol–water partition coefficient (Wildman–Crippen LogP) is -0.145. The molecule has 1 rings (SSSR count). The number of carbonyl (C=O) groups is 1. The van der Waals surface area contributed by atoms with Crippen LogP contribution in [-0.4, -0.2) is 56.3 Å². The molecule has 1 amide bonds. The van der Waals surface area contributed by atoms with Gasteiger partial charge in [0.05, 0.1) is 27.6 Å². The standard InChI is InChI=1S/C8H17N2O2/c1-9-8(11)5-7(12-9)6-10(2,3)4/h7H,5-6H2,1-4H3/q+1/t7-/m0/s1. The van der Waals surface area contributed by atoms with Gasteiger partial charge in [0.2, 0.25) is 5.91 Å². The third-order valence-corrected chi connectivity index (χ3v) is 1.81. The Hall–Kier alpha value is -0.610. The van der Waals surface area contributed by atoms with Gasteiger partial charge in [0, 0.05) is 7.05 Å². The normalized spacial score (nSPS) is 25.2. The Kier molecular flexibility index (Phi) is 2.39. The van der Waals surface area contributed by atoms with Crippen molar-refractivity contribution in [3.8, 4) is 0 Å². The van der Waals surface area contributed by atoms with Crippen LogP contribution in [-0.2, 0) is 9.63 Å². The van der Waals surface area contributed by atoms with Crippen molar-refractivity contribution >= 4 is 5.91 Å². The lowest BCUT2D eigenvalue weighted by Crippen LogP contribution is -2.41. The molecule has 0 unspecified atom stereocenters. The molecule has 1 heterocycles. The van der Waals surface area contributed by atoms with Gasteiger partial charge in [-0.05, 0) is 0 Å². The molecule has 1 aliphatic heterocycles. The summed E-state index contributed by atoms with van der Waals surface area (Å²) in [6.07, 6.45) is 0.578. The third-order valence-electron chi connectivity index (χ3n) is 1.81. The molecular weight excluding hydrogens is 156 g/mol. The molecular formula is C8H17N2O2+. The van der Waals surface area contributed by atoms with Gasteiger partial charge in [0.15, 0.2) is 0 Å². The summed E-state index contributed by atoms with van der Waals surface area (Å²) in [4.78, 5) is 16.4. The van der Waals surface area contributed by atoms with Crippen molar-refractivity contribution in [3.63, 3.8) is 0 Å². The molecule has 1 atom stereocenters. The van der Waals surface area contributed by atoms with Crippen molar-refractivity contribution < 1.29 is 14.1 Å². The lowest BCUT2D eigenvalue weighted by atomic mass is 10.2. The fourth-order valence-corrected chi connectivity index (χ4v) is 1.35. The number of likely N-dealkylation sites (N-methyl/N-ethyl adjacent to an activating group) is 1. The molecule has 0 aromatic heterocycles. The number of quaternary nitrogens is 1. The zero-order valence-corrected chi connectivity index (χ0v) is 8.20. The third kappa shape index (κ3) is 2.46. The first-order chi connectivity index (χ1) is 5.38. The Labute approximate surface area is 73.2 Å². The van der Waals surface area contributed by atoms with E-state index in [1.165, 1.54) is 5.06 Å². The molecule has 0 spiro atoms. The summed E-state index contributed by atoms with van der Waals surface area (Å²) in [5.74, 6) is 0.0773. The Morgan fingerprint density at radius 2 is 2.17 bits per heavy atom. The SMILES string of the molecule is CN1O[C@H](C[N+](C)(C)C)CC1=O. The highest BCUT2D eigenvalue weighted by atomic mass is 16.7. The van der Waals surface area contributed by atoms with E-state index in [2.05, 4.69) is 21.1 Å². The first-order valence-electron chi connectivity index (χ1n) is 4.12. The highest BCUT2D eigenvalue weighted by Crippen LogP contribution is 2.14. The van der Waals surface area contributed by atoms with Crippen molar-refractivity contribution in [2.75, 3.05) is 34.7 Å². The van der Waals surface area contributed by atoms with E-state index in [-0.39, 0.29) is 12.0 Å². The average molecular weight is 173 g/mol. The highest BCUT2D eigenvalue weighted by molar-refractivity contribution is 5.76. The van der Waals surface area contributed by atoms with Crippen LogP contribution in [0.4, 0.5) is 0 Å². The number of hydrogen-bond acceptors (Lipinski definition) is 2. The number of nitrogens with zero attached hydrogens (tertiary/aromatic N) is 2. The molecule has 0 bridgehead atoms. The van der Waals surface area contributed by atoms with E-state index in [1.54, 1.807) is 7.05 Å². The van der Waals surface area contributed by atoms with Crippen molar-refractivity contribution in [3.05, 3.63) is 0 Å². The van der Waals surface area contributed by atoms with E-state index >= 15 is 0 Å². The summed E-state index contributed by atoms with van der Waals surface area (Å²) in [6, 6.07) is 0. The predicted molar refractivity (Wildman–Crippen MR) is 45.2 cm³/mol. The summed E-state index contributed by atoms with van der Waals surface area (Å²) in [5, 5.41) is 1.33. The van der Waals surface area contributed by atoms with Crippen LogP contribution in [0.3, 0.4) is 0 Å². The summed E-state index contributed by atoms with van der Waals surface area (Å²) in [6.45, 7) is 0.871. The number of hydroxylamine groups is 2. The van der Waals surface area contributed by atoms with Gasteiger partial charge in [0.1, 0.15) is 12.6 Å². The summed E-state index contributed by atoms with van der Waals surface area (Å²) in [5.41, 5.74) is 0. The molecule has 4 nitrogen and oxygen atoms in total. The Morgan fingerprint density at radius 1 is 1.58 bits per heavy atom. The zero-order chi connectivity index (χ0) is 9.35. The van der Waals surface area contributed by atoms with Crippen LogP contribution in [0.1, 0.15) is 6.42 Å². The van der Waals surface area contributed by atoms with Crippen LogP contribution < -0.4 is 0 Å². The monoisotopic (exact) mass is 173 g/mol. The number of amides is 1. The van der Waals surface area contributed by atoms with Crippen LogP contribution in [0.15, 0.2) is 0 Å². The van der Waals surface area contributed by atoms with Crippen molar-refractivity contribution in [2.24, 2.45) is 0 Å². The average Bonchev–Trinajstić information content (AvgIpc) is 2.07. The van der Waals surface area contributed by atoms with Crippen LogP contribution >= 0.6 is 0 Å². The molecule has 0 saturated carbocycles. The minimum atomic E-state index is 0.0579. The van der Waals surface area contributed by atoms with Crippen molar-refractivity contribution in [2.45, 2.75) is 12.5 Å². The Morgan fingerprint density at radius 3 is 2.50 bits per heavy atom. The van der Waals surface area contributed by atoms with Crippen molar-refractivity contribution in [1.29, 1.82) is 0 Å². The van der Waals surface area contributed by atoms with Crippen LogP contribution in [0.25, 0.3) is 0 Å². The van der Waals surface area contributed by atoms with Crippen LogP contribution in [0.5, 0.6) is 0 Å². The van der Waals surface area contributed by atoms with E-state index < -0.39 is 0 Å². The van der Waals surface area contributed by atoms with Gasteiger partial charge >= 0.3 is 0 Å². The van der Waals surface area contributed by atoms with Gasteiger partial charge < -0.3 is 4.48 Å². The topological polar surface area (TPSA) is 29.5 Å². The van der Waals surface area contributed by atoms with E-state index in [1.807, 2.05) is 0 Å². The molecule has 1 fully saturated rings. The fraction of sp³-hybridized carbons (Fsp3) is 0.875. The molecule has 12 heavy (non-hydrogen) atoms. The maximum absolute atomic E-state index is 11.1. The van der Waals surface area contributed by atoms with E-state index in [0.717, 1.165) is 11.0 Å².